The molecule has 1 aromatic heterocycles. The van der Waals surface area contributed by atoms with Gasteiger partial charge in [0.05, 0.1) is 16.8 Å². The van der Waals surface area contributed by atoms with Crippen LogP contribution < -0.4 is 20.3 Å². The smallest absolute Gasteiger partial charge is 0.341 e. The summed E-state index contributed by atoms with van der Waals surface area (Å²) >= 11 is 5.02. The first-order valence-corrected chi connectivity index (χ1v) is 12.9. The van der Waals surface area contributed by atoms with E-state index in [1.165, 1.54) is 24.6 Å². The minimum absolute atomic E-state index is 0.235. The fraction of sp³-hybridized carbons (Fsp3) is 0.333. The second kappa shape index (κ2) is 11.1. The summed E-state index contributed by atoms with van der Waals surface area (Å²) in [6.45, 7) is 1.71. The number of carboxylic acid groups (broad SMARTS) is 1. The summed E-state index contributed by atoms with van der Waals surface area (Å²) in [6.07, 6.45) is 3.99. The van der Waals surface area contributed by atoms with E-state index in [9.17, 15) is 9.59 Å². The zero-order valence-corrected chi connectivity index (χ0v) is 21.1. The third-order valence-electron chi connectivity index (χ3n) is 5.44. The third kappa shape index (κ3) is 5.44. The SMILES string of the molecule is CCCCCCSc1n[n+]2c(c(=O)[nH]1)-c1cc(Br)ccc1N[C@@H]2c1ccccc1OCC(=O)O. The van der Waals surface area contributed by atoms with E-state index in [-0.39, 0.29) is 5.56 Å². The van der Waals surface area contributed by atoms with Gasteiger partial charge < -0.3 is 15.2 Å². The predicted octanol–water partition coefficient (Wildman–Crippen LogP) is 4.60. The lowest BCUT2D eigenvalue weighted by molar-refractivity contribution is -0.759. The molecule has 10 heteroatoms. The zero-order valence-electron chi connectivity index (χ0n) is 18.7. The molecule has 2 heterocycles. The first-order chi connectivity index (χ1) is 16.5. The number of carbonyl (C=O) groups is 1. The number of H-pyrrole nitrogens is 1. The van der Waals surface area contributed by atoms with Crippen molar-refractivity contribution < 1.29 is 19.3 Å². The van der Waals surface area contributed by atoms with Gasteiger partial charge in [-0.1, -0.05) is 66.0 Å². The quantitative estimate of drug-likeness (QED) is 0.194. The van der Waals surface area contributed by atoms with E-state index < -0.39 is 18.7 Å². The minimum atomic E-state index is -1.06. The number of para-hydroxylation sites is 1. The maximum absolute atomic E-state index is 13.3. The Morgan fingerprint density at radius 1 is 1.24 bits per heavy atom. The molecule has 34 heavy (non-hydrogen) atoms. The van der Waals surface area contributed by atoms with Crippen LogP contribution in [-0.4, -0.2) is 33.5 Å². The largest absolute Gasteiger partial charge is 0.481 e. The number of nitrogens with one attached hydrogen (secondary N) is 2. The molecule has 3 aromatic rings. The molecule has 4 rings (SSSR count). The number of halogens is 1. The Morgan fingerprint density at radius 3 is 2.85 bits per heavy atom. The van der Waals surface area contributed by atoms with Crippen LogP contribution in [0.4, 0.5) is 5.69 Å². The van der Waals surface area contributed by atoms with Crippen LogP contribution in [0.1, 0.15) is 44.3 Å². The van der Waals surface area contributed by atoms with Gasteiger partial charge in [-0.25, -0.2) is 4.79 Å². The number of hydrogen-bond acceptors (Lipinski definition) is 6. The van der Waals surface area contributed by atoms with Crippen LogP contribution in [0.15, 0.2) is 56.9 Å². The third-order valence-corrected chi connectivity index (χ3v) is 6.88. The molecule has 0 bridgehead atoms. The van der Waals surface area contributed by atoms with Crippen molar-refractivity contribution in [2.45, 2.75) is 43.9 Å². The standard InChI is InChI=1S/C24H25BrN4O4S/c1-2-3-4-7-12-34-24-27-23(32)21-17-13-15(25)10-11-18(17)26-22(29(21)28-24)16-8-5-6-9-19(16)33-14-20(30)31/h5-6,8-11,13,22H,2-4,7,12,14H2,1H3,(H2,27,28,30,31,32)/p+1/t22-/m0/s1. The van der Waals surface area contributed by atoms with Gasteiger partial charge in [-0.15, -0.1) is 0 Å². The van der Waals surface area contributed by atoms with Crippen molar-refractivity contribution in [1.29, 1.82) is 0 Å². The lowest BCUT2D eigenvalue weighted by atomic mass is 10.0. The number of ether oxygens (including phenoxy) is 1. The minimum Gasteiger partial charge on any atom is -0.481 e. The number of aliphatic carboxylic acids is 1. The summed E-state index contributed by atoms with van der Waals surface area (Å²) in [7, 11) is 0. The average Bonchev–Trinajstić information content (AvgIpc) is 2.82. The van der Waals surface area contributed by atoms with Gasteiger partial charge in [0.15, 0.2) is 6.61 Å². The van der Waals surface area contributed by atoms with Gasteiger partial charge in [-0.3, -0.25) is 9.78 Å². The van der Waals surface area contributed by atoms with Crippen molar-refractivity contribution >= 4 is 39.3 Å². The second-order valence-electron chi connectivity index (χ2n) is 7.92. The molecule has 3 N–H and O–H groups in total. The van der Waals surface area contributed by atoms with Crippen molar-refractivity contribution in [3.63, 3.8) is 0 Å². The number of aromatic amines is 1. The summed E-state index contributed by atoms with van der Waals surface area (Å²) in [6, 6.07) is 12.9. The summed E-state index contributed by atoms with van der Waals surface area (Å²) in [5.74, 6) is 0.212. The molecule has 0 fully saturated rings. The molecule has 1 aliphatic heterocycles. The van der Waals surface area contributed by atoms with E-state index in [1.807, 2.05) is 30.3 Å². The Bertz CT molecular complexity index is 1250. The van der Waals surface area contributed by atoms with Crippen LogP contribution in [0.25, 0.3) is 11.3 Å². The molecule has 0 radical (unpaired) electrons. The fourth-order valence-corrected chi connectivity index (χ4v) is 5.08. The lowest BCUT2D eigenvalue weighted by Gasteiger charge is -2.23. The molecule has 0 aliphatic carbocycles. The molecule has 8 nitrogen and oxygen atoms in total. The topological polar surface area (TPSA) is 108 Å². The monoisotopic (exact) mass is 545 g/mol. The maximum Gasteiger partial charge on any atom is 0.341 e. The highest BCUT2D eigenvalue weighted by atomic mass is 79.9. The van der Waals surface area contributed by atoms with Gasteiger partial charge in [0.1, 0.15) is 5.75 Å². The predicted molar refractivity (Wildman–Crippen MR) is 134 cm³/mol. The molecule has 0 saturated heterocycles. The van der Waals surface area contributed by atoms with E-state index in [1.54, 1.807) is 16.8 Å². The Balaban J connectivity index is 1.77. The molecular weight excluding hydrogens is 520 g/mol. The number of carboxylic acids is 1. The van der Waals surface area contributed by atoms with E-state index in [2.05, 4.69) is 33.2 Å². The van der Waals surface area contributed by atoms with E-state index in [0.29, 0.717) is 22.2 Å². The fourth-order valence-electron chi connectivity index (χ4n) is 3.86. The highest BCUT2D eigenvalue weighted by Gasteiger charge is 2.39. The van der Waals surface area contributed by atoms with Gasteiger partial charge >= 0.3 is 17.2 Å². The molecular formula is C24H26BrN4O4S+. The zero-order chi connectivity index (χ0) is 24.1. The van der Waals surface area contributed by atoms with Crippen molar-refractivity contribution in [2.75, 3.05) is 17.7 Å². The van der Waals surface area contributed by atoms with Crippen LogP contribution in [0.2, 0.25) is 0 Å². The van der Waals surface area contributed by atoms with Crippen LogP contribution in [0.3, 0.4) is 0 Å². The number of aromatic nitrogens is 3. The van der Waals surface area contributed by atoms with Crippen LogP contribution in [0.5, 0.6) is 5.75 Å². The van der Waals surface area contributed by atoms with Crippen molar-refractivity contribution in [1.82, 2.24) is 10.1 Å². The van der Waals surface area contributed by atoms with Crippen LogP contribution in [-0.2, 0) is 4.79 Å². The highest BCUT2D eigenvalue weighted by molar-refractivity contribution is 9.10. The number of rotatable bonds is 10. The molecule has 178 valence electrons. The Hall–Kier alpha value is -2.85. The van der Waals surface area contributed by atoms with Gasteiger partial charge in [0, 0.05) is 15.3 Å². The lowest BCUT2D eigenvalue weighted by Crippen LogP contribution is -2.55. The number of benzene rings is 2. The Kier molecular flexibility index (Phi) is 7.89. The maximum atomic E-state index is 13.3. The summed E-state index contributed by atoms with van der Waals surface area (Å²) in [5.41, 5.74) is 2.36. The van der Waals surface area contributed by atoms with Gasteiger partial charge in [0.2, 0.25) is 5.16 Å². The van der Waals surface area contributed by atoms with Gasteiger partial charge in [-0.05, 0) is 41.4 Å². The normalized spacial score (nSPS) is 14.1. The molecule has 0 spiro atoms. The average molecular weight is 546 g/mol. The van der Waals surface area contributed by atoms with E-state index in [0.717, 1.165) is 34.3 Å². The molecule has 1 atom stereocenters. The van der Waals surface area contributed by atoms with Crippen LogP contribution >= 0.6 is 27.7 Å². The molecule has 1 aliphatic rings. The van der Waals surface area contributed by atoms with Gasteiger partial charge in [0.25, 0.3) is 6.17 Å². The van der Waals surface area contributed by atoms with Crippen LogP contribution in [0, 0.1) is 0 Å². The number of unbranched alkanes of at least 4 members (excludes halogenated alkanes) is 3. The number of anilines is 1. The van der Waals surface area contributed by atoms with Crippen molar-refractivity contribution in [2.24, 2.45) is 0 Å². The van der Waals surface area contributed by atoms with E-state index >= 15 is 0 Å². The number of thioether (sulfide) groups is 1. The summed E-state index contributed by atoms with van der Waals surface area (Å²) in [5, 5.41) is 17.9. The summed E-state index contributed by atoms with van der Waals surface area (Å²) in [4.78, 5) is 27.3. The number of nitrogens with zero attached hydrogens (tertiary/aromatic N) is 2. The summed E-state index contributed by atoms with van der Waals surface area (Å²) < 4.78 is 8.07. The molecule has 0 amide bonds. The first kappa shape index (κ1) is 24.3. The molecule has 0 saturated carbocycles. The second-order valence-corrected chi connectivity index (χ2v) is 9.92. The Labute approximate surface area is 209 Å². The highest BCUT2D eigenvalue weighted by Crippen LogP contribution is 2.36. The van der Waals surface area contributed by atoms with Crippen molar-refractivity contribution in [3.05, 3.63) is 62.9 Å². The van der Waals surface area contributed by atoms with Gasteiger partial charge in [-0.2, -0.15) is 0 Å². The first-order valence-electron chi connectivity index (χ1n) is 11.2. The number of fused-ring (bicyclic) bond motifs is 3. The number of hydrogen-bond donors (Lipinski definition) is 3. The molecule has 0 unspecified atom stereocenters. The molecule has 2 aromatic carbocycles. The Morgan fingerprint density at radius 2 is 2.06 bits per heavy atom. The van der Waals surface area contributed by atoms with E-state index in [4.69, 9.17) is 14.9 Å². The van der Waals surface area contributed by atoms with Crippen molar-refractivity contribution in [3.8, 4) is 17.0 Å².